The molecule has 3 aromatic carbocycles. The minimum atomic E-state index is -1.22. The lowest BCUT2D eigenvalue weighted by molar-refractivity contribution is -0.151. The van der Waals surface area contributed by atoms with Crippen molar-refractivity contribution in [3.05, 3.63) is 100 Å². The number of ether oxygens (including phenoxy) is 1. The number of fused-ring (bicyclic) bond motifs is 1. The monoisotopic (exact) mass is 476 g/mol. The van der Waals surface area contributed by atoms with E-state index in [1.165, 1.54) is 0 Å². The fourth-order valence-corrected chi connectivity index (χ4v) is 4.02. The second-order valence-corrected chi connectivity index (χ2v) is 8.28. The molecule has 3 aromatic rings. The quantitative estimate of drug-likeness (QED) is 0.410. The number of hydrogen-bond acceptors (Lipinski definition) is 5. The van der Waals surface area contributed by atoms with E-state index in [2.05, 4.69) is 5.32 Å². The zero-order valence-electron chi connectivity index (χ0n) is 18.3. The minimum absolute atomic E-state index is 0.0586. The fraction of sp³-hybridized carbons (Fsp3) is 0.154. The van der Waals surface area contributed by atoms with E-state index in [1.807, 2.05) is 6.07 Å². The summed E-state index contributed by atoms with van der Waals surface area (Å²) in [6.07, 6.45) is 0.0586. The minimum Gasteiger partial charge on any atom is -0.454 e. The summed E-state index contributed by atoms with van der Waals surface area (Å²) < 4.78 is 5.26. The van der Waals surface area contributed by atoms with Gasteiger partial charge < -0.3 is 10.1 Å². The smallest absolute Gasteiger partial charge is 0.330 e. The molecule has 172 valence electrons. The molecule has 0 saturated heterocycles. The van der Waals surface area contributed by atoms with Gasteiger partial charge in [-0.1, -0.05) is 54.1 Å². The Labute approximate surface area is 201 Å². The van der Waals surface area contributed by atoms with E-state index < -0.39 is 36.3 Å². The number of esters is 1. The molecule has 4 rings (SSSR count). The van der Waals surface area contributed by atoms with E-state index in [0.29, 0.717) is 10.7 Å². The highest BCUT2D eigenvalue weighted by molar-refractivity contribution is 6.30. The van der Waals surface area contributed by atoms with Gasteiger partial charge >= 0.3 is 5.97 Å². The number of imide groups is 1. The van der Waals surface area contributed by atoms with E-state index in [4.69, 9.17) is 16.3 Å². The first-order chi connectivity index (χ1) is 16.3. The standard InChI is InChI=1S/C26H21ClN2O5/c1-16-13-18(27)11-12-21(16)28-23(30)15-34-26(33)22(14-17-7-3-2-4-8-17)29-24(31)19-9-5-6-10-20(19)25(29)32/h2-13,22H,14-15H2,1H3,(H,28,30). The Morgan fingerprint density at radius 3 is 2.18 bits per heavy atom. The van der Waals surface area contributed by atoms with E-state index in [-0.39, 0.29) is 17.5 Å². The van der Waals surface area contributed by atoms with Crippen molar-refractivity contribution in [3.8, 4) is 0 Å². The normalized spacial score (nSPS) is 13.4. The molecule has 0 bridgehead atoms. The van der Waals surface area contributed by atoms with Gasteiger partial charge in [0.1, 0.15) is 6.04 Å². The lowest BCUT2D eigenvalue weighted by atomic mass is 10.0. The summed E-state index contributed by atoms with van der Waals surface area (Å²) in [5, 5.41) is 3.19. The summed E-state index contributed by atoms with van der Waals surface area (Å²) in [6.45, 7) is 1.21. The van der Waals surface area contributed by atoms with Gasteiger partial charge in [0.25, 0.3) is 17.7 Å². The van der Waals surface area contributed by atoms with Crippen LogP contribution < -0.4 is 5.32 Å². The van der Waals surface area contributed by atoms with Crippen molar-refractivity contribution >= 4 is 41.0 Å². The Bertz CT molecular complexity index is 1240. The number of nitrogens with one attached hydrogen (secondary N) is 1. The summed E-state index contributed by atoms with van der Waals surface area (Å²) >= 11 is 5.94. The zero-order chi connectivity index (χ0) is 24.2. The van der Waals surface area contributed by atoms with Crippen LogP contribution in [0, 0.1) is 6.92 Å². The van der Waals surface area contributed by atoms with E-state index >= 15 is 0 Å². The maximum Gasteiger partial charge on any atom is 0.330 e. The van der Waals surface area contributed by atoms with Gasteiger partial charge in [0, 0.05) is 17.1 Å². The first-order valence-corrected chi connectivity index (χ1v) is 11.0. The number of halogens is 1. The highest BCUT2D eigenvalue weighted by Crippen LogP contribution is 2.26. The van der Waals surface area contributed by atoms with Crippen LogP contribution in [0.25, 0.3) is 0 Å². The van der Waals surface area contributed by atoms with Crippen LogP contribution in [0.15, 0.2) is 72.8 Å². The van der Waals surface area contributed by atoms with E-state index in [1.54, 1.807) is 73.7 Å². The Balaban J connectivity index is 1.51. The predicted molar refractivity (Wildman–Crippen MR) is 127 cm³/mol. The molecular weight excluding hydrogens is 456 g/mol. The van der Waals surface area contributed by atoms with Crippen molar-refractivity contribution in [1.29, 1.82) is 0 Å². The van der Waals surface area contributed by atoms with Gasteiger partial charge in [-0.15, -0.1) is 0 Å². The van der Waals surface area contributed by atoms with Crippen LogP contribution in [0.5, 0.6) is 0 Å². The van der Waals surface area contributed by atoms with Crippen molar-refractivity contribution in [1.82, 2.24) is 4.90 Å². The number of nitrogens with zero attached hydrogens (tertiary/aromatic N) is 1. The van der Waals surface area contributed by atoms with Gasteiger partial charge in [-0.05, 0) is 48.4 Å². The number of rotatable bonds is 7. The van der Waals surface area contributed by atoms with Gasteiger partial charge in [-0.3, -0.25) is 19.3 Å². The predicted octanol–water partition coefficient (Wildman–Crippen LogP) is 4.04. The molecule has 1 aliphatic rings. The Hall–Kier alpha value is -3.97. The third kappa shape index (κ3) is 4.84. The van der Waals surface area contributed by atoms with Gasteiger partial charge in [0.05, 0.1) is 11.1 Å². The largest absolute Gasteiger partial charge is 0.454 e. The second-order valence-electron chi connectivity index (χ2n) is 7.85. The number of amides is 3. The first kappa shape index (κ1) is 23.2. The van der Waals surface area contributed by atoms with Gasteiger partial charge in [0.2, 0.25) is 0 Å². The lowest BCUT2D eigenvalue weighted by Crippen LogP contribution is -2.47. The van der Waals surface area contributed by atoms with Crippen LogP contribution in [-0.4, -0.2) is 41.2 Å². The van der Waals surface area contributed by atoms with Crippen LogP contribution in [-0.2, 0) is 20.7 Å². The van der Waals surface area contributed by atoms with Crippen LogP contribution in [0.4, 0.5) is 5.69 Å². The number of anilines is 1. The third-order valence-electron chi connectivity index (χ3n) is 5.49. The van der Waals surface area contributed by atoms with Crippen LogP contribution in [0.1, 0.15) is 31.8 Å². The number of benzene rings is 3. The molecule has 1 heterocycles. The summed E-state index contributed by atoms with van der Waals surface area (Å²) in [7, 11) is 0. The summed E-state index contributed by atoms with van der Waals surface area (Å²) in [4.78, 5) is 52.4. The van der Waals surface area contributed by atoms with Crippen molar-refractivity contribution < 1.29 is 23.9 Å². The molecule has 0 saturated carbocycles. The molecule has 1 atom stereocenters. The van der Waals surface area contributed by atoms with Crippen molar-refractivity contribution in [3.63, 3.8) is 0 Å². The maximum absolute atomic E-state index is 13.1. The summed E-state index contributed by atoms with van der Waals surface area (Å²) in [5.41, 5.74) is 2.48. The molecule has 7 nitrogen and oxygen atoms in total. The van der Waals surface area contributed by atoms with Crippen molar-refractivity contribution in [2.24, 2.45) is 0 Å². The zero-order valence-corrected chi connectivity index (χ0v) is 19.0. The molecule has 3 amide bonds. The Morgan fingerprint density at radius 1 is 0.941 bits per heavy atom. The Morgan fingerprint density at radius 2 is 1.56 bits per heavy atom. The summed E-state index contributed by atoms with van der Waals surface area (Å²) in [5.74, 6) is -2.54. The topological polar surface area (TPSA) is 92.8 Å². The number of hydrogen-bond donors (Lipinski definition) is 1. The molecule has 1 unspecified atom stereocenters. The summed E-state index contributed by atoms with van der Waals surface area (Å²) in [6, 6.07) is 19.1. The molecule has 0 spiro atoms. The SMILES string of the molecule is Cc1cc(Cl)ccc1NC(=O)COC(=O)C(Cc1ccccc1)N1C(=O)c2ccccc2C1=O. The molecule has 1 N–H and O–H groups in total. The van der Waals surface area contributed by atoms with Gasteiger partial charge in [-0.2, -0.15) is 0 Å². The highest BCUT2D eigenvalue weighted by atomic mass is 35.5. The molecule has 0 aromatic heterocycles. The number of carbonyl (C=O) groups excluding carboxylic acids is 4. The van der Waals surface area contributed by atoms with E-state index in [0.717, 1.165) is 16.0 Å². The molecule has 0 fully saturated rings. The number of carbonyl (C=O) groups is 4. The van der Waals surface area contributed by atoms with Crippen LogP contribution in [0.3, 0.4) is 0 Å². The van der Waals surface area contributed by atoms with Crippen LogP contribution >= 0.6 is 11.6 Å². The van der Waals surface area contributed by atoms with Gasteiger partial charge in [0.15, 0.2) is 6.61 Å². The average Bonchev–Trinajstić information content (AvgIpc) is 3.08. The second kappa shape index (κ2) is 9.89. The number of aryl methyl sites for hydroxylation is 1. The highest BCUT2D eigenvalue weighted by Gasteiger charge is 2.43. The third-order valence-corrected chi connectivity index (χ3v) is 5.72. The van der Waals surface area contributed by atoms with Crippen LogP contribution in [0.2, 0.25) is 5.02 Å². The van der Waals surface area contributed by atoms with Crippen molar-refractivity contribution in [2.45, 2.75) is 19.4 Å². The fourth-order valence-electron chi connectivity index (χ4n) is 3.79. The molecular formula is C26H21ClN2O5. The van der Waals surface area contributed by atoms with Crippen molar-refractivity contribution in [2.75, 3.05) is 11.9 Å². The van der Waals surface area contributed by atoms with Gasteiger partial charge in [-0.25, -0.2) is 4.79 Å². The first-order valence-electron chi connectivity index (χ1n) is 10.6. The average molecular weight is 477 g/mol. The molecule has 8 heteroatoms. The van der Waals surface area contributed by atoms with E-state index in [9.17, 15) is 19.2 Å². The molecule has 1 aliphatic heterocycles. The molecule has 34 heavy (non-hydrogen) atoms. The maximum atomic E-state index is 13.1. The molecule has 0 radical (unpaired) electrons. The Kier molecular flexibility index (Phi) is 6.75. The lowest BCUT2D eigenvalue weighted by Gasteiger charge is -2.24. The molecule has 0 aliphatic carbocycles.